The Labute approximate surface area is 147 Å². The van der Waals surface area contributed by atoms with Crippen LogP contribution < -0.4 is 15.6 Å². The molecular weight excluding hydrogens is 374 g/mol. The third-order valence-electron chi connectivity index (χ3n) is 4.02. The molecule has 126 valence electrons. The highest BCUT2D eigenvalue weighted by Crippen LogP contribution is 2.33. The quantitative estimate of drug-likeness (QED) is 0.732. The molecule has 7 heteroatoms. The molecule has 0 aliphatic rings. The smallest absolute Gasteiger partial charge is 0.282 e. The third kappa shape index (κ3) is 2.80. The van der Waals surface area contributed by atoms with Crippen molar-refractivity contribution in [1.29, 1.82) is 0 Å². The van der Waals surface area contributed by atoms with Crippen molar-refractivity contribution in [1.82, 2.24) is 9.78 Å². The van der Waals surface area contributed by atoms with Crippen LogP contribution in [0.5, 0.6) is 5.75 Å². The Balaban J connectivity index is 1.97. The summed E-state index contributed by atoms with van der Waals surface area (Å²) in [6.45, 7) is 3.99. The lowest BCUT2D eigenvalue weighted by atomic mass is 10.1. The zero-order valence-corrected chi connectivity index (χ0v) is 15.5. The minimum Gasteiger partial charge on any atom is -0.497 e. The Bertz CT molecular complexity index is 962. The lowest BCUT2D eigenvalue weighted by Gasteiger charge is -2.15. The number of rotatable bonds is 4. The number of nitrogens with one attached hydrogen (secondary N) is 1. The molecule has 0 amide bonds. The van der Waals surface area contributed by atoms with Crippen LogP contribution in [0.2, 0.25) is 0 Å². The van der Waals surface area contributed by atoms with Gasteiger partial charge in [-0.15, -0.1) is 0 Å². The van der Waals surface area contributed by atoms with Crippen LogP contribution in [0.3, 0.4) is 0 Å². The molecular formula is C17H18BrN3O3. The normalized spacial score (nSPS) is 12.4. The third-order valence-corrected chi connectivity index (χ3v) is 4.79. The minimum absolute atomic E-state index is 0.131. The summed E-state index contributed by atoms with van der Waals surface area (Å²) in [5, 5.41) is 8.33. The lowest BCUT2D eigenvalue weighted by molar-refractivity contribution is 0.415. The first kappa shape index (κ1) is 16.6. The molecule has 1 atom stereocenters. The topological polar surface area (TPSA) is 69.3 Å². The molecule has 0 aliphatic heterocycles. The summed E-state index contributed by atoms with van der Waals surface area (Å²) in [5.41, 5.74) is 2.27. The summed E-state index contributed by atoms with van der Waals surface area (Å²) >= 11 is 3.32. The monoisotopic (exact) mass is 391 g/mol. The van der Waals surface area contributed by atoms with Gasteiger partial charge in [0.15, 0.2) is 0 Å². The molecule has 2 aromatic heterocycles. The van der Waals surface area contributed by atoms with E-state index in [2.05, 4.69) is 26.3 Å². The second-order valence-electron chi connectivity index (χ2n) is 5.62. The predicted octanol–water partition coefficient (Wildman–Crippen LogP) is 3.78. The lowest BCUT2D eigenvalue weighted by Crippen LogP contribution is -2.22. The summed E-state index contributed by atoms with van der Waals surface area (Å²) in [7, 11) is 3.25. The number of ether oxygens (including phenoxy) is 1. The number of anilines is 1. The first-order valence-corrected chi connectivity index (χ1v) is 8.27. The van der Waals surface area contributed by atoms with Gasteiger partial charge in [0.25, 0.3) is 5.56 Å². The number of benzene rings is 1. The Morgan fingerprint density at radius 3 is 2.88 bits per heavy atom. The molecule has 0 spiro atoms. The first-order valence-electron chi connectivity index (χ1n) is 7.47. The Morgan fingerprint density at radius 1 is 1.42 bits per heavy atom. The zero-order valence-electron chi connectivity index (χ0n) is 13.9. The van der Waals surface area contributed by atoms with E-state index in [-0.39, 0.29) is 11.6 Å². The minimum atomic E-state index is -0.196. The molecule has 3 rings (SSSR count). The van der Waals surface area contributed by atoms with Crippen molar-refractivity contribution in [3.05, 3.63) is 50.5 Å². The van der Waals surface area contributed by atoms with Gasteiger partial charge in [-0.3, -0.25) is 4.79 Å². The number of fused-ring (bicyclic) bond motifs is 1. The predicted molar refractivity (Wildman–Crippen MR) is 96.7 cm³/mol. The van der Waals surface area contributed by atoms with Crippen LogP contribution in [0, 0.1) is 6.92 Å². The average molecular weight is 392 g/mol. The van der Waals surface area contributed by atoms with Crippen molar-refractivity contribution in [2.75, 3.05) is 12.4 Å². The number of hydrogen-bond donors (Lipinski definition) is 1. The summed E-state index contributed by atoms with van der Waals surface area (Å²) in [4.78, 5) is 12.0. The highest BCUT2D eigenvalue weighted by atomic mass is 79.9. The van der Waals surface area contributed by atoms with Crippen LogP contribution in [-0.2, 0) is 7.05 Å². The van der Waals surface area contributed by atoms with Crippen molar-refractivity contribution in [3.8, 4) is 5.75 Å². The Morgan fingerprint density at radius 2 is 2.17 bits per heavy atom. The number of halogens is 1. The molecule has 1 aromatic carbocycles. The van der Waals surface area contributed by atoms with E-state index >= 15 is 0 Å². The van der Waals surface area contributed by atoms with Gasteiger partial charge in [-0.25, -0.2) is 4.68 Å². The highest BCUT2D eigenvalue weighted by molar-refractivity contribution is 9.10. The first-order chi connectivity index (χ1) is 11.4. The van der Waals surface area contributed by atoms with E-state index in [0.29, 0.717) is 10.2 Å². The van der Waals surface area contributed by atoms with Crippen LogP contribution in [0.4, 0.5) is 5.69 Å². The van der Waals surface area contributed by atoms with Gasteiger partial charge in [0.1, 0.15) is 21.6 Å². The van der Waals surface area contributed by atoms with E-state index in [1.165, 1.54) is 4.68 Å². The van der Waals surface area contributed by atoms with Gasteiger partial charge in [0.05, 0.1) is 25.0 Å². The maximum atomic E-state index is 12.0. The molecule has 0 saturated heterocycles. The second kappa shape index (κ2) is 6.32. The van der Waals surface area contributed by atoms with Crippen molar-refractivity contribution >= 4 is 32.6 Å². The number of aromatic nitrogens is 2. The Kier molecular flexibility index (Phi) is 4.36. The van der Waals surface area contributed by atoms with E-state index in [1.54, 1.807) is 20.4 Å². The molecule has 3 aromatic rings. The van der Waals surface area contributed by atoms with Crippen molar-refractivity contribution in [3.63, 3.8) is 0 Å². The molecule has 0 bridgehead atoms. The van der Waals surface area contributed by atoms with Crippen molar-refractivity contribution in [2.45, 2.75) is 19.9 Å². The Hall–Kier alpha value is -2.28. The maximum Gasteiger partial charge on any atom is 0.282 e. The van der Waals surface area contributed by atoms with Crippen LogP contribution in [0.25, 0.3) is 11.0 Å². The fourth-order valence-electron chi connectivity index (χ4n) is 2.67. The number of furan rings is 1. The molecule has 24 heavy (non-hydrogen) atoms. The molecule has 6 nitrogen and oxygen atoms in total. The molecule has 1 N–H and O–H groups in total. The highest BCUT2D eigenvalue weighted by Gasteiger charge is 2.19. The number of nitrogens with zero attached hydrogens (tertiary/aromatic N) is 2. The molecule has 0 saturated carbocycles. The van der Waals surface area contributed by atoms with Gasteiger partial charge >= 0.3 is 0 Å². The zero-order chi connectivity index (χ0) is 17.4. The fraction of sp³-hybridized carbons (Fsp3) is 0.294. The van der Waals surface area contributed by atoms with Crippen molar-refractivity contribution in [2.24, 2.45) is 7.05 Å². The van der Waals surface area contributed by atoms with Gasteiger partial charge in [-0.05, 0) is 48.0 Å². The van der Waals surface area contributed by atoms with E-state index in [4.69, 9.17) is 9.15 Å². The molecule has 2 heterocycles. The van der Waals surface area contributed by atoms with Gasteiger partial charge in [-0.1, -0.05) is 0 Å². The largest absolute Gasteiger partial charge is 0.497 e. The van der Waals surface area contributed by atoms with Crippen LogP contribution in [-0.4, -0.2) is 16.9 Å². The van der Waals surface area contributed by atoms with Crippen LogP contribution >= 0.6 is 15.9 Å². The number of methoxy groups -OCH3 is 1. The molecule has 1 unspecified atom stereocenters. The molecule has 0 aliphatic carbocycles. The second-order valence-corrected chi connectivity index (χ2v) is 6.41. The van der Waals surface area contributed by atoms with Crippen molar-refractivity contribution < 1.29 is 9.15 Å². The molecule has 0 radical (unpaired) electrons. The standard InChI is InChI=1S/C17H18BrN3O3/c1-9-12-7-11(23-4)5-6-14(12)24-16(9)10(2)20-13-8-19-21(3)17(22)15(13)18/h5-8,10,20H,1-4H3. The van der Waals surface area contributed by atoms with Crippen LogP contribution in [0.1, 0.15) is 24.3 Å². The van der Waals surface area contributed by atoms with E-state index in [0.717, 1.165) is 28.0 Å². The number of aryl methyl sites for hydroxylation is 2. The van der Waals surface area contributed by atoms with Gasteiger partial charge in [0, 0.05) is 18.0 Å². The van der Waals surface area contributed by atoms with Gasteiger partial charge < -0.3 is 14.5 Å². The number of hydrogen-bond acceptors (Lipinski definition) is 5. The SMILES string of the molecule is COc1ccc2oc(C(C)Nc3cnn(C)c(=O)c3Br)c(C)c2c1. The average Bonchev–Trinajstić information content (AvgIpc) is 2.91. The van der Waals surface area contributed by atoms with E-state index in [1.807, 2.05) is 32.0 Å². The summed E-state index contributed by atoms with van der Waals surface area (Å²) in [6, 6.07) is 5.59. The maximum absolute atomic E-state index is 12.0. The van der Waals surface area contributed by atoms with Crippen LogP contribution in [0.15, 0.2) is 38.1 Å². The van der Waals surface area contributed by atoms with Gasteiger partial charge in [0.2, 0.25) is 0 Å². The molecule has 0 fully saturated rings. The summed E-state index contributed by atoms with van der Waals surface area (Å²) < 4.78 is 13.0. The van der Waals surface area contributed by atoms with E-state index in [9.17, 15) is 4.79 Å². The fourth-order valence-corrected chi connectivity index (χ4v) is 3.14. The van der Waals surface area contributed by atoms with E-state index < -0.39 is 0 Å². The summed E-state index contributed by atoms with van der Waals surface area (Å²) in [5.74, 6) is 1.60. The summed E-state index contributed by atoms with van der Waals surface area (Å²) in [6.07, 6.45) is 1.61. The van der Waals surface area contributed by atoms with Gasteiger partial charge in [-0.2, -0.15) is 5.10 Å².